The van der Waals surface area contributed by atoms with Gasteiger partial charge in [0.05, 0.1) is 6.61 Å². The van der Waals surface area contributed by atoms with E-state index in [-0.39, 0.29) is 5.82 Å². The van der Waals surface area contributed by atoms with E-state index in [1.807, 2.05) is 24.4 Å². The van der Waals surface area contributed by atoms with E-state index >= 15 is 0 Å². The Hall–Kier alpha value is -2.46. The minimum Gasteiger partial charge on any atom is -0.493 e. The summed E-state index contributed by atoms with van der Waals surface area (Å²) >= 11 is 0. The Kier molecular flexibility index (Phi) is 5.39. The van der Waals surface area contributed by atoms with Gasteiger partial charge in [-0.05, 0) is 60.8 Å². The molecule has 1 N–H and O–H groups in total. The first kappa shape index (κ1) is 16.4. The van der Waals surface area contributed by atoms with Crippen LogP contribution in [0.2, 0.25) is 0 Å². The summed E-state index contributed by atoms with van der Waals surface area (Å²) in [6.45, 7) is 4.62. The summed E-state index contributed by atoms with van der Waals surface area (Å²) in [4.78, 5) is 4.18. The van der Waals surface area contributed by atoms with E-state index in [0.29, 0.717) is 6.61 Å². The molecule has 124 valence electrons. The molecule has 3 aromatic rings. The number of nitrogens with one attached hydrogen (secondary N) is 1. The second-order valence-electron chi connectivity index (χ2n) is 5.60. The summed E-state index contributed by atoms with van der Waals surface area (Å²) in [6, 6.07) is 12.5. The molecule has 2 aromatic carbocycles. The van der Waals surface area contributed by atoms with E-state index in [1.54, 1.807) is 18.3 Å². The quantitative estimate of drug-likeness (QED) is 0.653. The zero-order chi connectivity index (χ0) is 16.8. The number of nitrogens with zero attached hydrogens (tertiary/aromatic N) is 1. The fourth-order valence-corrected chi connectivity index (χ4v) is 2.74. The molecule has 0 spiro atoms. The van der Waals surface area contributed by atoms with Gasteiger partial charge in [-0.25, -0.2) is 4.39 Å². The molecule has 0 saturated carbocycles. The molecule has 0 bridgehead atoms. The lowest BCUT2D eigenvalue weighted by atomic mass is 9.98. The molecule has 24 heavy (non-hydrogen) atoms. The van der Waals surface area contributed by atoms with Gasteiger partial charge in [-0.1, -0.05) is 19.1 Å². The van der Waals surface area contributed by atoms with Crippen LogP contribution in [0.1, 0.15) is 13.3 Å². The maximum absolute atomic E-state index is 13.3. The van der Waals surface area contributed by atoms with Crippen molar-refractivity contribution >= 4 is 10.8 Å². The number of hydrogen-bond donors (Lipinski definition) is 1. The fraction of sp³-hybridized carbons (Fsp3) is 0.250. The van der Waals surface area contributed by atoms with Crippen molar-refractivity contribution in [3.8, 4) is 16.9 Å². The van der Waals surface area contributed by atoms with Crippen LogP contribution < -0.4 is 10.1 Å². The Balaban J connectivity index is 1.95. The van der Waals surface area contributed by atoms with Gasteiger partial charge in [-0.3, -0.25) is 4.98 Å². The number of fused-ring (bicyclic) bond motifs is 1. The molecule has 3 nitrogen and oxygen atoms in total. The Morgan fingerprint density at radius 3 is 2.71 bits per heavy atom. The van der Waals surface area contributed by atoms with Crippen LogP contribution in [-0.4, -0.2) is 24.7 Å². The highest BCUT2D eigenvalue weighted by Crippen LogP contribution is 2.37. The summed E-state index contributed by atoms with van der Waals surface area (Å²) < 4.78 is 19.3. The van der Waals surface area contributed by atoms with Gasteiger partial charge in [0, 0.05) is 23.3 Å². The average molecular weight is 324 g/mol. The second kappa shape index (κ2) is 7.88. The minimum absolute atomic E-state index is 0.242. The predicted molar refractivity (Wildman–Crippen MR) is 95.8 cm³/mol. The van der Waals surface area contributed by atoms with Crippen molar-refractivity contribution in [1.82, 2.24) is 10.3 Å². The van der Waals surface area contributed by atoms with E-state index < -0.39 is 0 Å². The monoisotopic (exact) mass is 324 g/mol. The van der Waals surface area contributed by atoms with Gasteiger partial charge in [-0.15, -0.1) is 0 Å². The molecule has 0 radical (unpaired) electrons. The molecule has 0 unspecified atom stereocenters. The van der Waals surface area contributed by atoms with Gasteiger partial charge in [-0.2, -0.15) is 0 Å². The Bertz CT molecular complexity index is 802. The highest BCUT2D eigenvalue weighted by molar-refractivity contribution is 5.99. The number of halogens is 1. The van der Waals surface area contributed by atoms with Gasteiger partial charge < -0.3 is 10.1 Å². The lowest BCUT2D eigenvalue weighted by Crippen LogP contribution is -2.16. The fourth-order valence-electron chi connectivity index (χ4n) is 2.74. The maximum atomic E-state index is 13.3. The molecule has 0 aliphatic rings. The molecular formula is C20H21FN2O. The van der Waals surface area contributed by atoms with Crippen LogP contribution >= 0.6 is 0 Å². The number of hydrogen-bond acceptors (Lipinski definition) is 3. The lowest BCUT2D eigenvalue weighted by Gasteiger charge is -2.15. The molecule has 1 aromatic heterocycles. The van der Waals surface area contributed by atoms with E-state index in [0.717, 1.165) is 47.2 Å². The zero-order valence-electron chi connectivity index (χ0n) is 13.8. The molecule has 0 atom stereocenters. The molecular weight excluding hydrogens is 303 g/mol. The first-order valence-corrected chi connectivity index (χ1v) is 8.26. The Morgan fingerprint density at radius 2 is 1.92 bits per heavy atom. The van der Waals surface area contributed by atoms with Crippen molar-refractivity contribution in [3.05, 3.63) is 60.7 Å². The zero-order valence-corrected chi connectivity index (χ0v) is 13.8. The standard InChI is InChI=1S/C20H21FN2O/c1-2-22-11-3-13-24-19-9-6-16-14-23-12-10-18(16)20(19)15-4-7-17(21)8-5-15/h4-10,12,14,22H,2-3,11,13H2,1H3. The normalized spacial score (nSPS) is 10.9. The second-order valence-corrected chi connectivity index (χ2v) is 5.60. The van der Waals surface area contributed by atoms with Crippen molar-refractivity contribution in [3.63, 3.8) is 0 Å². The van der Waals surface area contributed by atoms with E-state index in [2.05, 4.69) is 17.2 Å². The third kappa shape index (κ3) is 3.71. The molecule has 0 aliphatic carbocycles. The van der Waals surface area contributed by atoms with Crippen molar-refractivity contribution in [1.29, 1.82) is 0 Å². The summed E-state index contributed by atoms with van der Waals surface area (Å²) in [7, 11) is 0. The van der Waals surface area contributed by atoms with E-state index in [1.165, 1.54) is 12.1 Å². The first-order chi connectivity index (χ1) is 11.8. The minimum atomic E-state index is -0.242. The SMILES string of the molecule is CCNCCCOc1ccc2cnccc2c1-c1ccc(F)cc1. The maximum Gasteiger partial charge on any atom is 0.127 e. The van der Waals surface area contributed by atoms with Crippen LogP contribution in [-0.2, 0) is 0 Å². The number of pyridine rings is 1. The summed E-state index contributed by atoms with van der Waals surface area (Å²) in [5.74, 6) is 0.575. The number of ether oxygens (including phenoxy) is 1. The van der Waals surface area contributed by atoms with Gasteiger partial charge in [0.25, 0.3) is 0 Å². The van der Waals surface area contributed by atoms with Gasteiger partial charge in [0.15, 0.2) is 0 Å². The van der Waals surface area contributed by atoms with E-state index in [4.69, 9.17) is 4.74 Å². The lowest BCUT2D eigenvalue weighted by molar-refractivity contribution is 0.310. The molecule has 0 aliphatic heterocycles. The number of benzene rings is 2. The van der Waals surface area contributed by atoms with Gasteiger partial charge >= 0.3 is 0 Å². The molecule has 0 fully saturated rings. The van der Waals surface area contributed by atoms with Gasteiger partial charge in [0.2, 0.25) is 0 Å². The van der Waals surface area contributed by atoms with Crippen LogP contribution in [0.5, 0.6) is 5.75 Å². The van der Waals surface area contributed by atoms with Crippen molar-refractivity contribution in [2.45, 2.75) is 13.3 Å². The van der Waals surface area contributed by atoms with Crippen molar-refractivity contribution in [2.24, 2.45) is 0 Å². The summed E-state index contributed by atoms with van der Waals surface area (Å²) in [5.41, 5.74) is 1.92. The average Bonchev–Trinajstić information content (AvgIpc) is 2.62. The number of rotatable bonds is 7. The smallest absolute Gasteiger partial charge is 0.127 e. The van der Waals surface area contributed by atoms with Crippen LogP contribution in [0.3, 0.4) is 0 Å². The molecule has 0 amide bonds. The third-order valence-electron chi connectivity index (χ3n) is 3.92. The highest BCUT2D eigenvalue weighted by Gasteiger charge is 2.11. The summed E-state index contributed by atoms with van der Waals surface area (Å²) in [6.07, 6.45) is 4.53. The molecule has 0 saturated heterocycles. The number of aromatic nitrogens is 1. The van der Waals surface area contributed by atoms with Gasteiger partial charge in [0.1, 0.15) is 11.6 Å². The topological polar surface area (TPSA) is 34.1 Å². The van der Waals surface area contributed by atoms with Crippen LogP contribution in [0, 0.1) is 5.82 Å². The van der Waals surface area contributed by atoms with E-state index in [9.17, 15) is 4.39 Å². The predicted octanol–water partition coefficient (Wildman–Crippen LogP) is 4.42. The van der Waals surface area contributed by atoms with Crippen LogP contribution in [0.25, 0.3) is 21.9 Å². The third-order valence-corrected chi connectivity index (χ3v) is 3.92. The largest absolute Gasteiger partial charge is 0.493 e. The highest BCUT2D eigenvalue weighted by atomic mass is 19.1. The molecule has 3 rings (SSSR count). The summed E-state index contributed by atoms with van der Waals surface area (Å²) in [5, 5.41) is 5.38. The molecule has 1 heterocycles. The van der Waals surface area contributed by atoms with Crippen LogP contribution in [0.4, 0.5) is 4.39 Å². The molecule has 4 heteroatoms. The first-order valence-electron chi connectivity index (χ1n) is 8.26. The van der Waals surface area contributed by atoms with Crippen LogP contribution in [0.15, 0.2) is 54.9 Å². The van der Waals surface area contributed by atoms with Crippen molar-refractivity contribution < 1.29 is 9.13 Å². The Morgan fingerprint density at radius 1 is 1.08 bits per heavy atom. The Labute approximate surface area is 141 Å². The van der Waals surface area contributed by atoms with Crippen molar-refractivity contribution in [2.75, 3.05) is 19.7 Å².